The monoisotopic (exact) mass is 366 g/mol. The van der Waals surface area contributed by atoms with Gasteiger partial charge in [0.05, 0.1) is 0 Å². The number of hydrogen-bond acceptors (Lipinski definition) is 5. The number of thiophene rings is 1. The average molecular weight is 366 g/mol. The van der Waals surface area contributed by atoms with E-state index in [2.05, 4.69) is 18.0 Å². The SMILES string of the molecule is Cc1csc2c1CCC2.NC(=O)COc1ccccc1[NH2+]O.NC=O. The van der Waals surface area contributed by atoms with Crippen molar-refractivity contribution >= 4 is 29.3 Å². The molecule has 0 saturated carbocycles. The third-order valence-electron chi connectivity index (χ3n) is 3.45. The Morgan fingerprint density at radius 2 is 2.08 bits per heavy atom. The number of benzene rings is 1. The molecule has 1 aliphatic rings. The van der Waals surface area contributed by atoms with Gasteiger partial charge in [-0.15, -0.1) is 11.3 Å². The molecule has 0 unspecified atom stereocenters. The molecule has 7 N–H and O–H groups in total. The topological polar surface area (TPSA) is 132 Å². The van der Waals surface area contributed by atoms with Gasteiger partial charge in [-0.05, 0) is 48.8 Å². The summed E-state index contributed by atoms with van der Waals surface area (Å²) in [5.74, 6) is -0.114. The Bertz CT molecular complexity index is 688. The highest BCUT2D eigenvalue weighted by Crippen LogP contribution is 2.30. The third kappa shape index (κ3) is 6.92. The number of para-hydroxylation sites is 2. The second-order valence-corrected chi connectivity index (χ2v) is 6.20. The van der Waals surface area contributed by atoms with E-state index in [0.717, 1.165) is 5.48 Å². The van der Waals surface area contributed by atoms with E-state index in [1.807, 2.05) is 11.3 Å². The first-order valence-electron chi connectivity index (χ1n) is 7.72. The van der Waals surface area contributed by atoms with Gasteiger partial charge in [-0.25, -0.2) is 5.21 Å². The minimum Gasteiger partial charge on any atom is -0.477 e. The maximum atomic E-state index is 10.4. The van der Waals surface area contributed by atoms with Crippen molar-refractivity contribution in [3.05, 3.63) is 45.6 Å². The van der Waals surface area contributed by atoms with Crippen molar-refractivity contribution in [1.29, 1.82) is 0 Å². The third-order valence-corrected chi connectivity index (χ3v) is 4.66. The van der Waals surface area contributed by atoms with Crippen LogP contribution < -0.4 is 21.7 Å². The summed E-state index contributed by atoms with van der Waals surface area (Å²) < 4.78 is 5.02. The second kappa shape index (κ2) is 11.2. The second-order valence-electron chi connectivity index (χ2n) is 5.23. The molecule has 0 bridgehead atoms. The molecule has 1 aromatic carbocycles. The Kier molecular flexibility index (Phi) is 9.23. The van der Waals surface area contributed by atoms with Crippen LogP contribution in [-0.2, 0) is 22.4 Å². The van der Waals surface area contributed by atoms with Gasteiger partial charge in [0, 0.05) is 10.9 Å². The zero-order chi connectivity index (χ0) is 18.7. The lowest BCUT2D eigenvalue weighted by Crippen LogP contribution is -2.73. The number of quaternary nitrogens is 1. The summed E-state index contributed by atoms with van der Waals surface area (Å²) in [7, 11) is 0. The van der Waals surface area contributed by atoms with E-state index < -0.39 is 5.91 Å². The van der Waals surface area contributed by atoms with Gasteiger partial charge in [0.1, 0.15) is 0 Å². The Morgan fingerprint density at radius 3 is 2.68 bits per heavy atom. The zero-order valence-corrected chi connectivity index (χ0v) is 14.9. The lowest BCUT2D eigenvalue weighted by Gasteiger charge is -2.04. The highest BCUT2D eigenvalue weighted by Gasteiger charge is 2.13. The van der Waals surface area contributed by atoms with Gasteiger partial charge in [0.15, 0.2) is 12.4 Å². The first-order chi connectivity index (χ1) is 12.0. The van der Waals surface area contributed by atoms with Crippen LogP contribution in [0.25, 0.3) is 0 Å². The summed E-state index contributed by atoms with van der Waals surface area (Å²) in [5, 5.41) is 11.0. The van der Waals surface area contributed by atoms with Gasteiger partial charge in [0.25, 0.3) is 5.91 Å². The molecule has 1 aliphatic carbocycles. The summed E-state index contributed by atoms with van der Waals surface area (Å²) >= 11 is 1.94. The zero-order valence-electron chi connectivity index (χ0n) is 14.1. The number of ether oxygens (including phenoxy) is 1. The van der Waals surface area contributed by atoms with Crippen LogP contribution in [0.5, 0.6) is 5.75 Å². The molecular formula is C17H24N3O4S+. The first kappa shape index (κ1) is 20.6. The van der Waals surface area contributed by atoms with Crippen molar-refractivity contribution in [2.45, 2.75) is 26.2 Å². The van der Waals surface area contributed by atoms with Crippen LogP contribution in [0.2, 0.25) is 0 Å². The van der Waals surface area contributed by atoms with E-state index in [-0.39, 0.29) is 13.0 Å². The lowest BCUT2D eigenvalue weighted by molar-refractivity contribution is -0.825. The Hall–Kier alpha value is -2.42. The number of hydrogen-bond donors (Lipinski definition) is 4. The molecular weight excluding hydrogens is 342 g/mol. The van der Waals surface area contributed by atoms with Crippen LogP contribution >= 0.6 is 11.3 Å². The fourth-order valence-electron chi connectivity index (χ4n) is 2.36. The highest BCUT2D eigenvalue weighted by atomic mass is 32.1. The molecule has 8 heteroatoms. The molecule has 0 radical (unpaired) electrons. The predicted octanol–water partition coefficient (Wildman–Crippen LogP) is 0.782. The van der Waals surface area contributed by atoms with Crippen molar-refractivity contribution in [2.24, 2.45) is 11.5 Å². The molecule has 3 rings (SSSR count). The van der Waals surface area contributed by atoms with Gasteiger partial charge in [-0.1, -0.05) is 12.1 Å². The summed E-state index contributed by atoms with van der Waals surface area (Å²) in [6.07, 6.45) is 4.32. The van der Waals surface area contributed by atoms with Gasteiger partial charge >= 0.3 is 0 Å². The Balaban J connectivity index is 0.000000225. The van der Waals surface area contributed by atoms with Crippen LogP contribution in [0.3, 0.4) is 0 Å². The number of rotatable bonds is 4. The van der Waals surface area contributed by atoms with E-state index in [1.54, 1.807) is 34.7 Å². The molecule has 1 aromatic heterocycles. The first-order valence-corrected chi connectivity index (χ1v) is 8.60. The van der Waals surface area contributed by atoms with Crippen LogP contribution in [0.4, 0.5) is 5.69 Å². The molecule has 136 valence electrons. The minimum absolute atomic E-state index is 0.190. The van der Waals surface area contributed by atoms with E-state index in [1.165, 1.54) is 24.8 Å². The summed E-state index contributed by atoms with van der Waals surface area (Å²) in [6, 6.07) is 6.80. The maximum Gasteiger partial charge on any atom is 0.255 e. The normalized spacial score (nSPS) is 11.3. The molecule has 0 fully saturated rings. The van der Waals surface area contributed by atoms with Crippen LogP contribution in [0.1, 0.15) is 22.4 Å². The highest BCUT2D eigenvalue weighted by molar-refractivity contribution is 7.10. The predicted molar refractivity (Wildman–Crippen MR) is 95.8 cm³/mol. The fourth-order valence-corrected chi connectivity index (χ4v) is 3.49. The molecule has 25 heavy (non-hydrogen) atoms. The van der Waals surface area contributed by atoms with Gasteiger partial charge < -0.3 is 16.2 Å². The van der Waals surface area contributed by atoms with E-state index >= 15 is 0 Å². The van der Waals surface area contributed by atoms with Crippen molar-refractivity contribution in [1.82, 2.24) is 0 Å². The summed E-state index contributed by atoms with van der Waals surface area (Å²) in [6.45, 7) is 2.03. The van der Waals surface area contributed by atoms with Crippen molar-refractivity contribution < 1.29 is 25.0 Å². The largest absolute Gasteiger partial charge is 0.477 e. The maximum absolute atomic E-state index is 10.4. The van der Waals surface area contributed by atoms with Gasteiger partial charge in [-0.2, -0.15) is 5.48 Å². The van der Waals surface area contributed by atoms with Gasteiger partial charge in [0.2, 0.25) is 12.1 Å². The number of amides is 2. The molecule has 7 nitrogen and oxygen atoms in total. The molecule has 1 heterocycles. The molecule has 0 spiro atoms. The van der Waals surface area contributed by atoms with Crippen LogP contribution in [0.15, 0.2) is 29.6 Å². The van der Waals surface area contributed by atoms with Crippen molar-refractivity contribution in [2.75, 3.05) is 6.61 Å². The molecule has 2 aromatic rings. The number of primary amides is 2. The van der Waals surface area contributed by atoms with E-state index in [0.29, 0.717) is 11.4 Å². The lowest BCUT2D eigenvalue weighted by atomic mass is 10.2. The van der Waals surface area contributed by atoms with Crippen molar-refractivity contribution in [3.8, 4) is 5.75 Å². The summed E-state index contributed by atoms with van der Waals surface area (Å²) in [5.41, 5.74) is 13.7. The summed E-state index contributed by atoms with van der Waals surface area (Å²) in [4.78, 5) is 20.6. The Labute approximate surface area is 150 Å². The van der Waals surface area contributed by atoms with Crippen molar-refractivity contribution in [3.63, 3.8) is 0 Å². The minimum atomic E-state index is -0.548. The Morgan fingerprint density at radius 1 is 1.40 bits per heavy atom. The van der Waals surface area contributed by atoms with E-state index in [4.69, 9.17) is 20.5 Å². The average Bonchev–Trinajstić information content (AvgIpc) is 3.20. The van der Waals surface area contributed by atoms with E-state index in [9.17, 15) is 4.79 Å². The molecule has 0 saturated heterocycles. The smallest absolute Gasteiger partial charge is 0.255 e. The quantitative estimate of drug-likeness (QED) is 0.361. The number of carbonyl (C=O) groups excluding carboxylic acids is 2. The molecule has 0 aliphatic heterocycles. The van der Waals surface area contributed by atoms with Gasteiger partial charge in [-0.3, -0.25) is 9.59 Å². The standard InChI is InChI=1S/C8H10N2O3.C8H10S.CH3NO/c9-8(11)5-13-7-4-2-1-3-6(7)10-12;1-6-5-9-8-4-2-3-7(6)8;2-1-3/h1-4,10,12H,5H2,(H2,9,11);5H,2-4H2,1H3;1H,(H2,2,3)/p+1. The number of aryl methyl sites for hydroxylation is 2. The number of nitrogens with two attached hydrogens (primary N) is 3. The number of carbonyl (C=O) groups is 2. The number of fused-ring (bicyclic) bond motifs is 1. The van der Waals surface area contributed by atoms with Crippen LogP contribution in [-0.4, -0.2) is 24.1 Å². The molecule has 0 atom stereocenters. The molecule has 2 amide bonds. The fraction of sp³-hybridized carbons (Fsp3) is 0.294. The van der Waals surface area contributed by atoms with Crippen LogP contribution in [0, 0.1) is 6.92 Å².